The van der Waals surface area contributed by atoms with Gasteiger partial charge in [0, 0.05) is 5.92 Å². The molecule has 1 heterocycles. The van der Waals surface area contributed by atoms with Crippen LogP contribution in [0.2, 0.25) is 0 Å². The maximum absolute atomic E-state index is 10.2. The van der Waals surface area contributed by atoms with Gasteiger partial charge in [-0.15, -0.1) is 0 Å². The van der Waals surface area contributed by atoms with E-state index in [9.17, 15) is 5.11 Å². The van der Waals surface area contributed by atoms with E-state index in [1.54, 1.807) is 0 Å². The third-order valence-corrected chi connectivity index (χ3v) is 4.97. The lowest BCUT2D eigenvalue weighted by molar-refractivity contribution is 0.119. The molecule has 2 saturated carbocycles. The standard InChI is InChI=1S/C16H26N2O2/c19-14-11-7-3-6-10-13(14)16-17-15(18-20-16)12-8-4-1-2-5-9-12/h12-14,19H,1-11H2. The Bertz CT molecular complexity index is 410. The monoisotopic (exact) mass is 278 g/mol. The molecule has 0 bridgehead atoms. The second-order valence-corrected chi connectivity index (χ2v) is 6.49. The Balaban J connectivity index is 1.71. The van der Waals surface area contributed by atoms with Crippen molar-refractivity contribution >= 4 is 0 Å². The highest BCUT2D eigenvalue weighted by molar-refractivity contribution is 5.02. The first kappa shape index (κ1) is 14.1. The first-order valence-electron chi connectivity index (χ1n) is 8.36. The van der Waals surface area contributed by atoms with Crippen LogP contribution >= 0.6 is 0 Å². The van der Waals surface area contributed by atoms with Crippen molar-refractivity contribution in [2.75, 3.05) is 0 Å². The Morgan fingerprint density at radius 3 is 2.30 bits per heavy atom. The molecule has 4 nitrogen and oxygen atoms in total. The van der Waals surface area contributed by atoms with Gasteiger partial charge in [0.1, 0.15) is 0 Å². The lowest BCUT2D eigenvalue weighted by Crippen LogP contribution is -2.17. The van der Waals surface area contributed by atoms with Crippen LogP contribution < -0.4 is 0 Å². The fourth-order valence-corrected chi connectivity index (χ4v) is 3.68. The molecule has 112 valence electrons. The largest absolute Gasteiger partial charge is 0.392 e. The van der Waals surface area contributed by atoms with Crippen LogP contribution in [-0.4, -0.2) is 21.4 Å². The Morgan fingerprint density at radius 2 is 1.50 bits per heavy atom. The molecule has 0 saturated heterocycles. The summed E-state index contributed by atoms with van der Waals surface area (Å²) < 4.78 is 5.50. The van der Waals surface area contributed by atoms with Gasteiger partial charge < -0.3 is 9.63 Å². The van der Waals surface area contributed by atoms with E-state index in [-0.39, 0.29) is 12.0 Å². The fraction of sp³-hybridized carbons (Fsp3) is 0.875. The van der Waals surface area contributed by atoms with Crippen LogP contribution in [0.3, 0.4) is 0 Å². The number of nitrogens with zero attached hydrogens (tertiary/aromatic N) is 2. The predicted molar refractivity (Wildman–Crippen MR) is 76.6 cm³/mol. The van der Waals surface area contributed by atoms with Crippen LogP contribution in [0.4, 0.5) is 0 Å². The summed E-state index contributed by atoms with van der Waals surface area (Å²) in [5, 5.41) is 14.5. The summed E-state index contributed by atoms with van der Waals surface area (Å²) in [6, 6.07) is 0. The zero-order valence-corrected chi connectivity index (χ0v) is 12.3. The number of hydrogen-bond acceptors (Lipinski definition) is 4. The fourth-order valence-electron chi connectivity index (χ4n) is 3.68. The lowest BCUT2D eigenvalue weighted by Gasteiger charge is -2.15. The van der Waals surface area contributed by atoms with Crippen LogP contribution in [0, 0.1) is 0 Å². The van der Waals surface area contributed by atoms with Gasteiger partial charge in [0.2, 0.25) is 5.89 Å². The van der Waals surface area contributed by atoms with E-state index >= 15 is 0 Å². The molecule has 4 heteroatoms. The van der Waals surface area contributed by atoms with Crippen molar-refractivity contribution in [2.24, 2.45) is 0 Å². The Kier molecular flexibility index (Phi) is 4.71. The summed E-state index contributed by atoms with van der Waals surface area (Å²) in [7, 11) is 0. The molecular formula is C16H26N2O2. The van der Waals surface area contributed by atoms with Crippen molar-refractivity contribution in [3.05, 3.63) is 11.7 Å². The highest BCUT2D eigenvalue weighted by Crippen LogP contribution is 2.34. The van der Waals surface area contributed by atoms with E-state index < -0.39 is 0 Å². The summed E-state index contributed by atoms with van der Waals surface area (Å²) in [5.41, 5.74) is 0. The molecule has 2 atom stereocenters. The number of aliphatic hydroxyl groups is 1. The molecule has 1 aromatic heterocycles. The van der Waals surface area contributed by atoms with Gasteiger partial charge in [0.05, 0.1) is 12.0 Å². The van der Waals surface area contributed by atoms with Gasteiger partial charge in [-0.3, -0.25) is 0 Å². The minimum atomic E-state index is -0.306. The van der Waals surface area contributed by atoms with Gasteiger partial charge in [-0.2, -0.15) is 4.98 Å². The van der Waals surface area contributed by atoms with Crippen molar-refractivity contribution in [1.29, 1.82) is 0 Å². The Morgan fingerprint density at radius 1 is 0.850 bits per heavy atom. The van der Waals surface area contributed by atoms with Crippen LogP contribution in [0.15, 0.2) is 4.52 Å². The zero-order chi connectivity index (χ0) is 13.8. The summed E-state index contributed by atoms with van der Waals surface area (Å²) >= 11 is 0. The van der Waals surface area contributed by atoms with Crippen molar-refractivity contribution in [3.63, 3.8) is 0 Å². The highest BCUT2D eigenvalue weighted by atomic mass is 16.5. The number of aromatic nitrogens is 2. The molecular weight excluding hydrogens is 252 g/mol. The summed E-state index contributed by atoms with van der Waals surface area (Å²) in [6.07, 6.45) is 12.6. The van der Waals surface area contributed by atoms with Gasteiger partial charge in [0.25, 0.3) is 0 Å². The Labute approximate surface area is 121 Å². The molecule has 2 unspecified atom stereocenters. The quantitative estimate of drug-likeness (QED) is 0.833. The summed E-state index contributed by atoms with van der Waals surface area (Å²) in [6.45, 7) is 0. The molecule has 2 aliphatic carbocycles. The van der Waals surface area contributed by atoms with Gasteiger partial charge in [0.15, 0.2) is 5.82 Å². The predicted octanol–water partition coefficient (Wildman–Crippen LogP) is 3.92. The molecule has 1 N–H and O–H groups in total. The van der Waals surface area contributed by atoms with E-state index in [0.717, 1.165) is 31.5 Å². The smallest absolute Gasteiger partial charge is 0.232 e. The van der Waals surface area contributed by atoms with E-state index in [0.29, 0.717) is 11.8 Å². The molecule has 0 amide bonds. The summed E-state index contributed by atoms with van der Waals surface area (Å²) in [4.78, 5) is 4.65. The first-order valence-corrected chi connectivity index (χ1v) is 8.36. The van der Waals surface area contributed by atoms with Gasteiger partial charge >= 0.3 is 0 Å². The average Bonchev–Trinajstić information content (AvgIpc) is 2.66. The maximum Gasteiger partial charge on any atom is 0.232 e. The van der Waals surface area contributed by atoms with Crippen molar-refractivity contribution in [1.82, 2.24) is 10.1 Å². The lowest BCUT2D eigenvalue weighted by atomic mass is 9.97. The molecule has 3 rings (SSSR count). The topological polar surface area (TPSA) is 59.2 Å². The first-order chi connectivity index (χ1) is 9.84. The van der Waals surface area contributed by atoms with Gasteiger partial charge in [-0.1, -0.05) is 50.1 Å². The summed E-state index contributed by atoms with van der Waals surface area (Å²) in [5.74, 6) is 2.10. The molecule has 2 fully saturated rings. The SMILES string of the molecule is OC1CCCCCC1c1nc(C2CCCCCC2)no1. The van der Waals surface area contributed by atoms with E-state index in [2.05, 4.69) is 10.1 Å². The second kappa shape index (κ2) is 6.70. The molecule has 1 aromatic rings. The minimum absolute atomic E-state index is 0.0597. The maximum atomic E-state index is 10.2. The average molecular weight is 278 g/mol. The van der Waals surface area contributed by atoms with E-state index in [1.165, 1.54) is 44.9 Å². The van der Waals surface area contributed by atoms with E-state index in [4.69, 9.17) is 4.52 Å². The second-order valence-electron chi connectivity index (χ2n) is 6.49. The van der Waals surface area contributed by atoms with Crippen molar-refractivity contribution < 1.29 is 9.63 Å². The molecule has 2 aliphatic rings. The minimum Gasteiger partial charge on any atom is -0.392 e. The number of hydrogen-bond donors (Lipinski definition) is 1. The van der Waals surface area contributed by atoms with Gasteiger partial charge in [-0.05, 0) is 25.7 Å². The highest BCUT2D eigenvalue weighted by Gasteiger charge is 2.29. The normalized spacial score (nSPS) is 29.9. The molecule has 0 aliphatic heterocycles. The number of aliphatic hydroxyl groups excluding tert-OH is 1. The zero-order valence-electron chi connectivity index (χ0n) is 12.3. The third kappa shape index (κ3) is 3.22. The molecule has 0 spiro atoms. The molecule has 0 aromatic carbocycles. The van der Waals surface area contributed by atoms with Crippen molar-refractivity contribution in [3.8, 4) is 0 Å². The van der Waals surface area contributed by atoms with Gasteiger partial charge in [-0.25, -0.2) is 0 Å². The van der Waals surface area contributed by atoms with Crippen LogP contribution in [0.1, 0.15) is 94.2 Å². The van der Waals surface area contributed by atoms with E-state index in [1.807, 2.05) is 0 Å². The number of rotatable bonds is 2. The van der Waals surface area contributed by atoms with Crippen LogP contribution in [0.25, 0.3) is 0 Å². The van der Waals surface area contributed by atoms with Crippen LogP contribution in [-0.2, 0) is 0 Å². The van der Waals surface area contributed by atoms with Crippen molar-refractivity contribution in [2.45, 2.75) is 88.6 Å². The Hall–Kier alpha value is -0.900. The molecule has 0 radical (unpaired) electrons. The molecule has 20 heavy (non-hydrogen) atoms. The third-order valence-electron chi connectivity index (χ3n) is 4.97. The van der Waals surface area contributed by atoms with Crippen LogP contribution in [0.5, 0.6) is 0 Å².